The van der Waals surface area contributed by atoms with E-state index in [0.29, 0.717) is 17.7 Å². The van der Waals surface area contributed by atoms with E-state index in [1.807, 2.05) is 0 Å². The number of rotatable bonds is 12. The number of hydrogen-bond donors (Lipinski definition) is 0. The van der Waals surface area contributed by atoms with Crippen LogP contribution in [0.4, 0.5) is 0 Å². The van der Waals surface area contributed by atoms with Gasteiger partial charge in [-0.05, 0) is 18.6 Å². The third kappa shape index (κ3) is 5.17. The summed E-state index contributed by atoms with van der Waals surface area (Å²) >= 11 is 0. The Morgan fingerprint density at radius 2 is 1.21 bits per heavy atom. The molecule has 2 rings (SSSR count). The number of amides is 2. The molecule has 0 aromatic heterocycles. The molecule has 0 saturated carbocycles. The van der Waals surface area contributed by atoms with Gasteiger partial charge in [-0.2, -0.15) is 0 Å². The molecule has 1 aromatic rings. The maximum atomic E-state index is 12.1. The largest absolute Gasteiger partial charge is 0.285 e. The van der Waals surface area contributed by atoms with Crippen molar-refractivity contribution in [2.24, 2.45) is 0 Å². The van der Waals surface area contributed by atoms with E-state index in [1.165, 1.54) is 51.4 Å². The van der Waals surface area contributed by atoms with Gasteiger partial charge in [0.15, 0.2) is 0 Å². The Morgan fingerprint density at radius 1 is 0.750 bits per heavy atom. The normalized spacial score (nSPS) is 13.6. The van der Waals surface area contributed by atoms with E-state index < -0.39 is 0 Å². The highest BCUT2D eigenvalue weighted by Crippen LogP contribution is 2.22. The van der Waals surface area contributed by atoms with E-state index in [0.717, 1.165) is 17.9 Å². The second-order valence-corrected chi connectivity index (χ2v) is 6.47. The summed E-state index contributed by atoms with van der Waals surface area (Å²) in [6, 6.07) is 6.85. The van der Waals surface area contributed by atoms with Gasteiger partial charge in [0.2, 0.25) is 0 Å². The zero-order chi connectivity index (χ0) is 17.2. The maximum Gasteiger partial charge on any atom is 0.285 e. The minimum Gasteiger partial charge on any atom is -0.266 e. The molecule has 0 fully saturated rings. The zero-order valence-corrected chi connectivity index (χ0v) is 14.8. The molecule has 0 saturated heterocycles. The van der Waals surface area contributed by atoms with Crippen molar-refractivity contribution in [3.63, 3.8) is 0 Å². The Morgan fingerprint density at radius 3 is 1.71 bits per heavy atom. The van der Waals surface area contributed by atoms with Crippen molar-refractivity contribution < 1.29 is 14.4 Å². The molecule has 0 unspecified atom stereocenters. The van der Waals surface area contributed by atoms with Crippen molar-refractivity contribution in [3.8, 4) is 0 Å². The average Bonchev–Trinajstić information content (AvgIpc) is 2.84. The van der Waals surface area contributed by atoms with Crippen LogP contribution in [-0.2, 0) is 4.84 Å². The third-order valence-electron chi connectivity index (χ3n) is 4.48. The second-order valence-electron chi connectivity index (χ2n) is 6.47. The smallest absolute Gasteiger partial charge is 0.266 e. The lowest BCUT2D eigenvalue weighted by atomic mass is 10.1. The SMILES string of the molecule is CCCCCCCCCCCCON1C(=O)c2ccccc2C1=O. The molecule has 0 atom stereocenters. The Balaban J connectivity index is 1.53. The van der Waals surface area contributed by atoms with Crippen molar-refractivity contribution in [2.75, 3.05) is 6.61 Å². The number of imide groups is 1. The van der Waals surface area contributed by atoms with Crippen LogP contribution in [0.5, 0.6) is 0 Å². The topological polar surface area (TPSA) is 46.6 Å². The van der Waals surface area contributed by atoms with E-state index in [-0.39, 0.29) is 11.8 Å². The van der Waals surface area contributed by atoms with Gasteiger partial charge in [0, 0.05) is 0 Å². The van der Waals surface area contributed by atoms with Gasteiger partial charge in [0.05, 0.1) is 17.7 Å². The van der Waals surface area contributed by atoms with Crippen LogP contribution in [0.1, 0.15) is 91.8 Å². The molecule has 1 aliphatic heterocycles. The van der Waals surface area contributed by atoms with E-state index in [4.69, 9.17) is 4.84 Å². The van der Waals surface area contributed by atoms with Crippen LogP contribution in [0.15, 0.2) is 24.3 Å². The lowest BCUT2D eigenvalue weighted by Crippen LogP contribution is -2.30. The zero-order valence-electron chi connectivity index (χ0n) is 14.8. The standard InChI is InChI=1S/C20H29NO3/c1-2-3-4-5-6-7-8-9-10-13-16-24-21-19(22)17-14-11-12-15-18(17)20(21)23/h11-12,14-15H,2-10,13,16H2,1H3. The highest BCUT2D eigenvalue weighted by molar-refractivity contribution is 6.20. The van der Waals surface area contributed by atoms with Crippen LogP contribution in [0.25, 0.3) is 0 Å². The number of benzene rings is 1. The van der Waals surface area contributed by atoms with Gasteiger partial charge in [0.25, 0.3) is 11.8 Å². The fourth-order valence-corrected chi connectivity index (χ4v) is 3.03. The van der Waals surface area contributed by atoms with Gasteiger partial charge in [0.1, 0.15) is 0 Å². The molecule has 1 aromatic carbocycles. The van der Waals surface area contributed by atoms with Crippen LogP contribution in [-0.4, -0.2) is 23.5 Å². The number of unbranched alkanes of at least 4 members (excludes halogenated alkanes) is 9. The first-order chi connectivity index (χ1) is 11.8. The summed E-state index contributed by atoms with van der Waals surface area (Å²) < 4.78 is 0. The number of nitrogens with zero attached hydrogens (tertiary/aromatic N) is 1. The number of hydroxylamine groups is 2. The summed E-state index contributed by atoms with van der Waals surface area (Å²) in [5, 5.41) is 0.915. The van der Waals surface area contributed by atoms with Crippen LogP contribution in [0.2, 0.25) is 0 Å². The highest BCUT2D eigenvalue weighted by atomic mass is 16.7. The molecule has 1 heterocycles. The molecule has 1 aliphatic rings. The molecule has 0 aliphatic carbocycles. The average molecular weight is 331 g/mol. The van der Waals surface area contributed by atoms with Gasteiger partial charge >= 0.3 is 0 Å². The molecular formula is C20H29NO3. The lowest BCUT2D eigenvalue weighted by molar-refractivity contribution is -0.0922. The van der Waals surface area contributed by atoms with Crippen LogP contribution >= 0.6 is 0 Å². The Bertz CT molecular complexity index is 506. The van der Waals surface area contributed by atoms with E-state index in [2.05, 4.69) is 6.92 Å². The first-order valence-corrected chi connectivity index (χ1v) is 9.36. The van der Waals surface area contributed by atoms with Crippen LogP contribution in [0, 0.1) is 0 Å². The highest BCUT2D eigenvalue weighted by Gasteiger charge is 2.36. The summed E-state index contributed by atoms with van der Waals surface area (Å²) in [5.41, 5.74) is 0.871. The van der Waals surface area contributed by atoms with Crippen LogP contribution < -0.4 is 0 Å². The molecule has 4 heteroatoms. The third-order valence-corrected chi connectivity index (χ3v) is 4.48. The fraction of sp³-hybridized carbons (Fsp3) is 0.600. The quantitative estimate of drug-likeness (QED) is 0.394. The fourth-order valence-electron chi connectivity index (χ4n) is 3.03. The summed E-state index contributed by atoms with van der Waals surface area (Å²) in [7, 11) is 0. The lowest BCUT2D eigenvalue weighted by Gasteiger charge is -2.13. The minimum absolute atomic E-state index is 0.345. The van der Waals surface area contributed by atoms with Gasteiger partial charge < -0.3 is 0 Å². The van der Waals surface area contributed by atoms with Crippen molar-refractivity contribution in [1.29, 1.82) is 0 Å². The number of carbonyl (C=O) groups excluding carboxylic acids is 2. The second kappa shape index (κ2) is 10.2. The van der Waals surface area contributed by atoms with E-state index in [1.54, 1.807) is 24.3 Å². The monoisotopic (exact) mass is 331 g/mol. The Kier molecular flexibility index (Phi) is 7.96. The summed E-state index contributed by atoms with van der Waals surface area (Å²) in [5.74, 6) is -0.689. The Labute approximate surface area is 145 Å². The molecular weight excluding hydrogens is 302 g/mol. The van der Waals surface area contributed by atoms with Crippen LogP contribution in [0.3, 0.4) is 0 Å². The molecule has 0 radical (unpaired) electrons. The van der Waals surface area contributed by atoms with E-state index in [9.17, 15) is 9.59 Å². The molecule has 132 valence electrons. The van der Waals surface area contributed by atoms with Crippen molar-refractivity contribution in [3.05, 3.63) is 35.4 Å². The predicted molar refractivity (Wildman–Crippen MR) is 94.7 cm³/mol. The molecule has 0 bridgehead atoms. The van der Waals surface area contributed by atoms with E-state index >= 15 is 0 Å². The first kappa shape index (κ1) is 18.7. The van der Waals surface area contributed by atoms with Crippen molar-refractivity contribution in [2.45, 2.75) is 71.1 Å². The van der Waals surface area contributed by atoms with Gasteiger partial charge in [-0.3, -0.25) is 14.4 Å². The number of carbonyl (C=O) groups is 2. The number of hydrogen-bond acceptors (Lipinski definition) is 3. The molecule has 24 heavy (non-hydrogen) atoms. The summed E-state index contributed by atoms with van der Waals surface area (Å²) in [6.07, 6.45) is 12.4. The first-order valence-electron chi connectivity index (χ1n) is 9.36. The minimum atomic E-state index is -0.345. The maximum absolute atomic E-state index is 12.1. The molecule has 0 N–H and O–H groups in total. The summed E-state index contributed by atoms with van der Waals surface area (Å²) in [4.78, 5) is 29.6. The molecule has 2 amide bonds. The molecule has 0 spiro atoms. The van der Waals surface area contributed by atoms with Gasteiger partial charge in [-0.15, -0.1) is 5.06 Å². The summed E-state index contributed by atoms with van der Waals surface area (Å²) in [6.45, 7) is 2.66. The predicted octanol–water partition coefficient (Wildman–Crippen LogP) is 5.14. The van der Waals surface area contributed by atoms with Crippen molar-refractivity contribution >= 4 is 11.8 Å². The number of fused-ring (bicyclic) bond motifs is 1. The Hall–Kier alpha value is -1.68. The van der Waals surface area contributed by atoms with Gasteiger partial charge in [-0.1, -0.05) is 76.8 Å². The van der Waals surface area contributed by atoms with Gasteiger partial charge in [-0.25, -0.2) is 0 Å². The molecule has 4 nitrogen and oxygen atoms in total. The van der Waals surface area contributed by atoms with Crippen molar-refractivity contribution in [1.82, 2.24) is 5.06 Å².